The summed E-state index contributed by atoms with van der Waals surface area (Å²) in [6.07, 6.45) is 1.64. The third-order valence-electron chi connectivity index (χ3n) is 5.35. The van der Waals surface area contributed by atoms with E-state index < -0.39 is 27.3 Å². The van der Waals surface area contributed by atoms with Crippen LogP contribution in [0.15, 0.2) is 58.2 Å². The molecule has 1 aromatic heterocycles. The van der Waals surface area contributed by atoms with Gasteiger partial charge < -0.3 is 15.0 Å². The van der Waals surface area contributed by atoms with Gasteiger partial charge in [-0.1, -0.05) is 0 Å². The summed E-state index contributed by atoms with van der Waals surface area (Å²) in [4.78, 5) is 27.5. The number of halogens is 1. The molecule has 1 fully saturated rings. The molecule has 4 rings (SSSR count). The predicted octanol–water partition coefficient (Wildman–Crippen LogP) is 2.77. The topological polar surface area (TPSA) is 117 Å². The monoisotopic (exact) mass is 459 g/mol. The van der Waals surface area contributed by atoms with E-state index in [-0.39, 0.29) is 33.7 Å². The number of benzene rings is 2. The molecule has 1 aliphatic rings. The third kappa shape index (κ3) is 4.66. The van der Waals surface area contributed by atoms with E-state index in [9.17, 15) is 22.4 Å². The molecule has 0 radical (unpaired) electrons. The van der Waals surface area contributed by atoms with Crippen LogP contribution in [0.2, 0.25) is 0 Å². The van der Waals surface area contributed by atoms with E-state index in [4.69, 9.17) is 4.74 Å². The van der Waals surface area contributed by atoms with E-state index >= 15 is 0 Å². The van der Waals surface area contributed by atoms with E-state index in [0.717, 1.165) is 31.0 Å². The van der Waals surface area contributed by atoms with Crippen molar-refractivity contribution in [2.24, 2.45) is 0 Å². The first-order valence-corrected chi connectivity index (χ1v) is 11.6. The fraction of sp³-hybridized carbons (Fsp3) is 0.273. The van der Waals surface area contributed by atoms with E-state index in [0.29, 0.717) is 12.1 Å². The fourth-order valence-electron chi connectivity index (χ4n) is 3.69. The number of hydrogen-bond donors (Lipinski definition) is 3. The smallest absolute Gasteiger partial charge is 0.261 e. The Kier molecular flexibility index (Phi) is 5.98. The van der Waals surface area contributed by atoms with E-state index in [1.165, 1.54) is 30.3 Å². The van der Waals surface area contributed by atoms with Crippen molar-refractivity contribution < 1.29 is 22.3 Å². The standard InChI is InChI=1S/C22H22FN3O5S/c1-13(20-3-2-10-31-20)24-22(28)18-12-21(27)25-19-9-8-16(11-17(18)19)32(29,30)26-15-6-4-14(23)5-7-15/h4-9,11-13,20,26H,2-3,10H2,1H3,(H,24,28)(H,25,27)/t13-,20+/m1/s1. The lowest BCUT2D eigenvalue weighted by Crippen LogP contribution is -2.41. The van der Waals surface area contributed by atoms with Crippen molar-refractivity contribution in [1.82, 2.24) is 10.3 Å². The van der Waals surface area contributed by atoms with E-state index in [2.05, 4.69) is 15.0 Å². The zero-order valence-electron chi connectivity index (χ0n) is 17.2. The number of aromatic amines is 1. The van der Waals surface area contributed by atoms with Gasteiger partial charge in [0.05, 0.1) is 22.6 Å². The second kappa shape index (κ2) is 8.71. The van der Waals surface area contributed by atoms with Crippen molar-refractivity contribution in [2.75, 3.05) is 11.3 Å². The average molecular weight is 459 g/mol. The Morgan fingerprint density at radius 2 is 1.94 bits per heavy atom. The van der Waals surface area contributed by atoms with Gasteiger partial charge in [-0.3, -0.25) is 14.3 Å². The molecule has 2 aromatic carbocycles. The van der Waals surface area contributed by atoms with E-state index in [1.807, 2.05) is 6.92 Å². The Labute approximate surface area is 183 Å². The number of sulfonamides is 1. The first kappa shape index (κ1) is 22.0. The average Bonchev–Trinajstić information content (AvgIpc) is 3.29. The molecule has 168 valence electrons. The largest absolute Gasteiger partial charge is 0.376 e. The second-order valence-corrected chi connectivity index (χ2v) is 9.36. The minimum atomic E-state index is -4.02. The van der Waals surface area contributed by atoms with Gasteiger partial charge in [-0.05, 0) is 62.2 Å². The van der Waals surface area contributed by atoms with Crippen molar-refractivity contribution in [3.63, 3.8) is 0 Å². The van der Waals surface area contributed by atoms with Gasteiger partial charge >= 0.3 is 0 Å². The molecule has 3 N–H and O–H groups in total. The number of anilines is 1. The zero-order valence-corrected chi connectivity index (χ0v) is 18.0. The zero-order chi connectivity index (χ0) is 22.9. The third-order valence-corrected chi connectivity index (χ3v) is 6.73. The maximum absolute atomic E-state index is 13.1. The van der Waals surface area contributed by atoms with Gasteiger partial charge in [-0.2, -0.15) is 0 Å². The van der Waals surface area contributed by atoms with Crippen LogP contribution >= 0.6 is 0 Å². The maximum atomic E-state index is 13.1. The van der Waals surface area contributed by atoms with Crippen LogP contribution in [0.1, 0.15) is 30.1 Å². The number of rotatable bonds is 6. The Morgan fingerprint density at radius 3 is 2.62 bits per heavy atom. The molecule has 32 heavy (non-hydrogen) atoms. The Morgan fingerprint density at radius 1 is 1.19 bits per heavy atom. The molecule has 3 aromatic rings. The van der Waals surface area contributed by atoms with Crippen LogP contribution in [0, 0.1) is 5.82 Å². The summed E-state index contributed by atoms with van der Waals surface area (Å²) in [5.41, 5.74) is 0.101. The molecule has 2 atom stereocenters. The lowest BCUT2D eigenvalue weighted by atomic mass is 10.1. The van der Waals surface area contributed by atoms with Crippen molar-refractivity contribution in [3.05, 3.63) is 70.3 Å². The van der Waals surface area contributed by atoms with Gasteiger partial charge in [0.15, 0.2) is 0 Å². The summed E-state index contributed by atoms with van der Waals surface area (Å²) in [6.45, 7) is 2.47. The summed E-state index contributed by atoms with van der Waals surface area (Å²) < 4.78 is 46.7. The maximum Gasteiger partial charge on any atom is 0.261 e. The molecule has 10 heteroatoms. The molecule has 1 amide bonds. The van der Waals surface area contributed by atoms with Gasteiger partial charge in [0.1, 0.15) is 5.82 Å². The number of fused-ring (bicyclic) bond motifs is 1. The summed E-state index contributed by atoms with van der Waals surface area (Å²) in [7, 11) is -4.02. The SMILES string of the molecule is C[C@@H](NC(=O)c1cc(=O)[nH]c2ccc(S(=O)(=O)Nc3ccc(F)cc3)cc12)[C@@H]1CCCO1. The van der Waals surface area contributed by atoms with Gasteiger partial charge in [0, 0.05) is 29.3 Å². The molecule has 0 saturated carbocycles. The highest BCUT2D eigenvalue weighted by Crippen LogP contribution is 2.23. The van der Waals surface area contributed by atoms with Gasteiger partial charge in [-0.15, -0.1) is 0 Å². The molecule has 8 nitrogen and oxygen atoms in total. The molecule has 0 aliphatic carbocycles. The highest BCUT2D eigenvalue weighted by Gasteiger charge is 2.25. The van der Waals surface area contributed by atoms with Crippen molar-refractivity contribution >= 4 is 32.5 Å². The normalized spacial score (nSPS) is 17.2. The molecule has 0 spiro atoms. The summed E-state index contributed by atoms with van der Waals surface area (Å²) in [6, 6.07) is 9.82. The number of H-pyrrole nitrogens is 1. The molecular formula is C22H22FN3O5S. The van der Waals surface area contributed by atoms with Gasteiger partial charge in [0.25, 0.3) is 15.9 Å². The number of carbonyl (C=O) groups excluding carboxylic acids is 1. The number of carbonyl (C=O) groups is 1. The molecule has 1 saturated heterocycles. The van der Waals surface area contributed by atoms with Crippen molar-refractivity contribution in [2.45, 2.75) is 36.8 Å². The molecule has 0 bridgehead atoms. The minimum Gasteiger partial charge on any atom is -0.376 e. The Balaban J connectivity index is 1.68. The van der Waals surface area contributed by atoms with E-state index in [1.54, 1.807) is 0 Å². The van der Waals surface area contributed by atoms with Crippen LogP contribution in [0.25, 0.3) is 10.9 Å². The van der Waals surface area contributed by atoms with Crippen LogP contribution in [0.3, 0.4) is 0 Å². The Bertz CT molecular complexity index is 1320. The number of hydrogen-bond acceptors (Lipinski definition) is 5. The van der Waals surface area contributed by atoms with Crippen LogP contribution < -0.4 is 15.6 Å². The van der Waals surface area contributed by atoms with Crippen LogP contribution in [-0.4, -0.2) is 38.1 Å². The van der Waals surface area contributed by atoms with Gasteiger partial charge in [0.2, 0.25) is 5.56 Å². The molecule has 0 unspecified atom stereocenters. The lowest BCUT2D eigenvalue weighted by molar-refractivity contribution is 0.0713. The number of ether oxygens (including phenoxy) is 1. The molecule has 2 heterocycles. The summed E-state index contributed by atoms with van der Waals surface area (Å²) in [5.74, 6) is -0.986. The predicted molar refractivity (Wildman–Crippen MR) is 118 cm³/mol. The quantitative estimate of drug-likeness (QED) is 0.524. The first-order valence-electron chi connectivity index (χ1n) is 10.1. The Hall–Kier alpha value is -3.24. The van der Waals surface area contributed by atoms with Crippen LogP contribution in [0.5, 0.6) is 0 Å². The number of amides is 1. The molecule has 1 aliphatic heterocycles. The highest BCUT2D eigenvalue weighted by atomic mass is 32.2. The molecular weight excluding hydrogens is 437 g/mol. The fourth-order valence-corrected chi connectivity index (χ4v) is 4.78. The van der Waals surface area contributed by atoms with Crippen molar-refractivity contribution in [1.29, 1.82) is 0 Å². The minimum absolute atomic E-state index is 0.0624. The second-order valence-electron chi connectivity index (χ2n) is 7.68. The highest BCUT2D eigenvalue weighted by molar-refractivity contribution is 7.92. The van der Waals surface area contributed by atoms with Crippen LogP contribution in [0.4, 0.5) is 10.1 Å². The van der Waals surface area contributed by atoms with Gasteiger partial charge in [-0.25, -0.2) is 12.8 Å². The van der Waals surface area contributed by atoms with Crippen LogP contribution in [-0.2, 0) is 14.8 Å². The number of nitrogens with one attached hydrogen (secondary N) is 3. The lowest BCUT2D eigenvalue weighted by Gasteiger charge is -2.20. The first-order chi connectivity index (χ1) is 15.2. The van der Waals surface area contributed by atoms with Crippen molar-refractivity contribution in [3.8, 4) is 0 Å². The summed E-state index contributed by atoms with van der Waals surface area (Å²) in [5, 5.41) is 3.12. The summed E-state index contributed by atoms with van der Waals surface area (Å²) >= 11 is 0. The number of pyridine rings is 1. The number of aromatic nitrogens is 1.